The van der Waals surface area contributed by atoms with Gasteiger partial charge in [-0.05, 0) is 30.9 Å². The fourth-order valence-electron chi connectivity index (χ4n) is 3.26. The third-order valence-corrected chi connectivity index (χ3v) is 5.59. The average molecular weight is 379 g/mol. The third-order valence-electron chi connectivity index (χ3n) is 4.85. The van der Waals surface area contributed by atoms with Crippen LogP contribution in [0, 0.1) is 6.92 Å². The van der Waals surface area contributed by atoms with E-state index in [1.54, 1.807) is 11.8 Å². The Hall–Kier alpha value is -2.60. The molecule has 5 nitrogen and oxygen atoms in total. The molecule has 0 N–H and O–H groups in total. The van der Waals surface area contributed by atoms with Gasteiger partial charge in [-0.3, -0.25) is 4.79 Å². The van der Waals surface area contributed by atoms with Gasteiger partial charge in [0.25, 0.3) is 0 Å². The van der Waals surface area contributed by atoms with Crippen molar-refractivity contribution in [2.24, 2.45) is 0 Å². The highest BCUT2D eigenvalue weighted by Gasteiger charge is 2.34. The molecule has 1 unspecified atom stereocenters. The van der Waals surface area contributed by atoms with Crippen LogP contribution < -0.4 is 0 Å². The number of benzene rings is 2. The Bertz CT molecular complexity index is 935. The van der Waals surface area contributed by atoms with Crippen LogP contribution in [-0.2, 0) is 11.3 Å². The lowest BCUT2D eigenvalue weighted by atomic mass is 10.1. The van der Waals surface area contributed by atoms with Gasteiger partial charge in [0.2, 0.25) is 17.6 Å². The van der Waals surface area contributed by atoms with Gasteiger partial charge >= 0.3 is 0 Å². The highest BCUT2D eigenvalue weighted by molar-refractivity contribution is 7.98. The summed E-state index contributed by atoms with van der Waals surface area (Å²) < 4.78 is 5.47. The van der Waals surface area contributed by atoms with Crippen molar-refractivity contribution < 1.29 is 9.32 Å². The molecule has 6 heteroatoms. The topological polar surface area (TPSA) is 59.2 Å². The number of likely N-dealkylation sites (tertiary alicyclic amines) is 1. The van der Waals surface area contributed by atoms with Crippen LogP contribution in [0.5, 0.6) is 0 Å². The van der Waals surface area contributed by atoms with Crippen LogP contribution in [0.4, 0.5) is 0 Å². The summed E-state index contributed by atoms with van der Waals surface area (Å²) in [5, 5.41) is 4.10. The van der Waals surface area contributed by atoms with Gasteiger partial charge in [0.1, 0.15) is 0 Å². The Labute approximate surface area is 162 Å². The van der Waals surface area contributed by atoms with E-state index in [-0.39, 0.29) is 11.8 Å². The average Bonchev–Trinajstić information content (AvgIpc) is 3.30. The maximum atomic E-state index is 12.4. The molecule has 2 heterocycles. The van der Waals surface area contributed by atoms with E-state index in [0.717, 1.165) is 11.1 Å². The van der Waals surface area contributed by atoms with Crippen LogP contribution >= 0.6 is 11.8 Å². The molecule has 1 saturated heterocycles. The number of aromatic nitrogens is 2. The van der Waals surface area contributed by atoms with Crippen molar-refractivity contribution in [3.63, 3.8) is 0 Å². The second kappa shape index (κ2) is 7.56. The molecule has 1 aliphatic rings. The minimum absolute atomic E-state index is 0.0466. The lowest BCUT2D eigenvalue weighted by molar-refractivity contribution is -0.128. The maximum absolute atomic E-state index is 12.4. The summed E-state index contributed by atoms with van der Waals surface area (Å²) in [5.74, 6) is 1.20. The van der Waals surface area contributed by atoms with E-state index >= 15 is 0 Å². The molecule has 1 aliphatic heterocycles. The molecular weight excluding hydrogens is 358 g/mol. The van der Waals surface area contributed by atoms with E-state index in [0.29, 0.717) is 31.2 Å². The van der Waals surface area contributed by atoms with E-state index in [9.17, 15) is 4.79 Å². The fourth-order valence-corrected chi connectivity index (χ4v) is 3.67. The second-order valence-corrected chi connectivity index (χ2v) is 7.73. The lowest BCUT2D eigenvalue weighted by Crippen LogP contribution is -2.24. The predicted octanol–water partition coefficient (Wildman–Crippen LogP) is 4.28. The van der Waals surface area contributed by atoms with Crippen molar-refractivity contribution >= 4 is 17.7 Å². The first-order valence-electron chi connectivity index (χ1n) is 8.94. The highest BCUT2D eigenvalue weighted by Crippen LogP contribution is 2.30. The number of aryl methyl sites for hydroxylation is 1. The first-order valence-corrected chi connectivity index (χ1v) is 10.2. The summed E-state index contributed by atoms with van der Waals surface area (Å²) in [6.07, 6.45) is 2.47. The van der Waals surface area contributed by atoms with Crippen molar-refractivity contribution in [2.45, 2.75) is 30.7 Å². The number of carbonyl (C=O) groups excluding carboxylic acids is 1. The first-order chi connectivity index (χ1) is 13.1. The van der Waals surface area contributed by atoms with Crippen LogP contribution in [-0.4, -0.2) is 33.7 Å². The summed E-state index contributed by atoms with van der Waals surface area (Å²) >= 11 is 1.71. The van der Waals surface area contributed by atoms with Gasteiger partial charge in [-0.2, -0.15) is 4.98 Å². The monoisotopic (exact) mass is 379 g/mol. The molecule has 27 heavy (non-hydrogen) atoms. The molecule has 2 aromatic carbocycles. The Morgan fingerprint density at radius 3 is 2.59 bits per heavy atom. The molecule has 1 fully saturated rings. The fraction of sp³-hybridized carbons (Fsp3) is 0.286. The summed E-state index contributed by atoms with van der Waals surface area (Å²) in [4.78, 5) is 20.1. The van der Waals surface area contributed by atoms with Crippen molar-refractivity contribution in [1.29, 1.82) is 0 Å². The summed E-state index contributed by atoms with van der Waals surface area (Å²) in [6.45, 7) is 3.26. The predicted molar refractivity (Wildman–Crippen MR) is 105 cm³/mol. The van der Waals surface area contributed by atoms with Crippen LogP contribution in [0.3, 0.4) is 0 Å². The summed E-state index contributed by atoms with van der Waals surface area (Å²) in [6, 6.07) is 16.3. The van der Waals surface area contributed by atoms with Gasteiger partial charge in [-0.25, -0.2) is 0 Å². The second-order valence-electron chi connectivity index (χ2n) is 6.85. The molecule has 0 radical (unpaired) electrons. The van der Waals surface area contributed by atoms with Crippen molar-refractivity contribution in [1.82, 2.24) is 15.0 Å². The van der Waals surface area contributed by atoms with E-state index in [1.807, 2.05) is 36.1 Å². The van der Waals surface area contributed by atoms with E-state index in [1.165, 1.54) is 10.5 Å². The zero-order valence-corrected chi connectivity index (χ0v) is 16.2. The van der Waals surface area contributed by atoms with Crippen molar-refractivity contribution in [3.8, 4) is 11.4 Å². The quantitative estimate of drug-likeness (QED) is 0.619. The number of carbonyl (C=O) groups is 1. The Morgan fingerprint density at radius 2 is 1.89 bits per heavy atom. The molecule has 0 aliphatic carbocycles. The molecule has 138 valence electrons. The van der Waals surface area contributed by atoms with Crippen LogP contribution in [0.25, 0.3) is 11.4 Å². The molecule has 1 aromatic heterocycles. The minimum Gasteiger partial charge on any atom is -0.339 e. The molecule has 1 atom stereocenters. The number of nitrogens with zero attached hydrogens (tertiary/aromatic N) is 3. The van der Waals surface area contributed by atoms with Gasteiger partial charge in [-0.1, -0.05) is 47.1 Å². The lowest BCUT2D eigenvalue weighted by Gasteiger charge is -2.16. The number of thioether (sulfide) groups is 1. The molecule has 3 aromatic rings. The molecule has 0 spiro atoms. The van der Waals surface area contributed by atoms with E-state index < -0.39 is 0 Å². The number of rotatable bonds is 5. The van der Waals surface area contributed by atoms with Gasteiger partial charge in [-0.15, -0.1) is 11.8 Å². The smallest absolute Gasteiger partial charge is 0.232 e. The summed E-state index contributed by atoms with van der Waals surface area (Å²) in [5.41, 5.74) is 3.24. The van der Waals surface area contributed by atoms with E-state index in [2.05, 4.69) is 40.7 Å². The van der Waals surface area contributed by atoms with Gasteiger partial charge < -0.3 is 9.42 Å². The molecule has 0 saturated carbocycles. The zero-order valence-electron chi connectivity index (χ0n) is 15.4. The standard InChI is InChI=1S/C21H21N3O2S/c1-14-3-7-16(8-4-14)20-22-21(26-23-20)17-11-19(25)24(13-17)12-15-5-9-18(27-2)10-6-15/h3-10,17H,11-13H2,1-2H3. The molecule has 0 bridgehead atoms. The first kappa shape index (κ1) is 17.8. The normalized spacial score (nSPS) is 16.9. The zero-order chi connectivity index (χ0) is 18.8. The number of hydrogen-bond donors (Lipinski definition) is 0. The van der Waals surface area contributed by atoms with Crippen LogP contribution in [0.15, 0.2) is 57.9 Å². The SMILES string of the molecule is CSc1ccc(CN2CC(c3nc(-c4ccc(C)cc4)no3)CC2=O)cc1. The molecular formula is C21H21N3O2S. The van der Waals surface area contributed by atoms with Gasteiger partial charge in [0, 0.05) is 30.0 Å². The highest BCUT2D eigenvalue weighted by atomic mass is 32.2. The Morgan fingerprint density at radius 1 is 1.15 bits per heavy atom. The van der Waals surface area contributed by atoms with Gasteiger partial charge in [0.05, 0.1) is 5.92 Å². The van der Waals surface area contributed by atoms with Crippen LogP contribution in [0.2, 0.25) is 0 Å². The Balaban J connectivity index is 1.45. The van der Waals surface area contributed by atoms with Crippen LogP contribution in [0.1, 0.15) is 29.4 Å². The number of hydrogen-bond acceptors (Lipinski definition) is 5. The molecule has 4 rings (SSSR count). The van der Waals surface area contributed by atoms with Crippen molar-refractivity contribution in [3.05, 3.63) is 65.5 Å². The largest absolute Gasteiger partial charge is 0.339 e. The maximum Gasteiger partial charge on any atom is 0.232 e. The van der Waals surface area contributed by atoms with Gasteiger partial charge in [0.15, 0.2) is 0 Å². The van der Waals surface area contributed by atoms with E-state index in [4.69, 9.17) is 4.52 Å². The third kappa shape index (κ3) is 3.90. The minimum atomic E-state index is -0.0466. The molecule has 1 amide bonds. The summed E-state index contributed by atoms with van der Waals surface area (Å²) in [7, 11) is 0. The Kier molecular flexibility index (Phi) is 4.99. The number of amides is 1. The van der Waals surface area contributed by atoms with Crippen molar-refractivity contribution in [2.75, 3.05) is 12.8 Å².